The number of nitrogens with one attached hydrogen (secondary N) is 1. The van der Waals surface area contributed by atoms with Gasteiger partial charge >= 0.3 is 5.97 Å². The molecule has 1 aromatic carbocycles. The maximum absolute atomic E-state index is 11.9. The number of nitrogens with zero attached hydrogens (tertiary/aromatic N) is 2. The lowest BCUT2D eigenvalue weighted by molar-refractivity contribution is -0.139. The van der Waals surface area contributed by atoms with Crippen LogP contribution in [0.25, 0.3) is 11.5 Å². The zero-order valence-corrected chi connectivity index (χ0v) is 10.9. The fraction of sp³-hybridized carbons (Fsp3) is 0.231. The number of aliphatic carboxylic acids is 1. The van der Waals surface area contributed by atoms with Gasteiger partial charge in [0.15, 0.2) is 0 Å². The molecule has 0 fully saturated rings. The van der Waals surface area contributed by atoms with Crippen molar-refractivity contribution in [2.45, 2.75) is 12.5 Å². The largest absolute Gasteiger partial charge is 0.480 e. The zero-order chi connectivity index (χ0) is 15.2. The number of carbonyl (C=O) groups is 2. The standard InChI is InChI=1S/C13H13N3O5/c17-6-5-10(13(19)20)15-11(18)8-1-3-9(4-2-8)12-16-14-7-21-12/h1-4,7,10,17H,5-6H2,(H,15,18)(H,19,20)/t10-/m0/s1. The summed E-state index contributed by atoms with van der Waals surface area (Å²) in [7, 11) is 0. The van der Waals surface area contributed by atoms with Gasteiger partial charge in [0, 0.05) is 24.2 Å². The monoisotopic (exact) mass is 291 g/mol. The van der Waals surface area contributed by atoms with Crippen LogP contribution >= 0.6 is 0 Å². The van der Waals surface area contributed by atoms with E-state index in [2.05, 4.69) is 15.5 Å². The number of benzene rings is 1. The predicted octanol–water partition coefficient (Wildman–Crippen LogP) is 0.302. The second-order valence-electron chi connectivity index (χ2n) is 4.20. The molecule has 1 aromatic heterocycles. The molecule has 2 aromatic rings. The smallest absolute Gasteiger partial charge is 0.326 e. The third kappa shape index (κ3) is 3.63. The fourth-order valence-electron chi connectivity index (χ4n) is 1.69. The number of hydrogen-bond donors (Lipinski definition) is 3. The van der Waals surface area contributed by atoms with Gasteiger partial charge in [0.25, 0.3) is 5.91 Å². The van der Waals surface area contributed by atoms with Gasteiger partial charge in [-0.3, -0.25) is 4.79 Å². The molecule has 0 unspecified atom stereocenters. The highest BCUT2D eigenvalue weighted by Gasteiger charge is 2.20. The number of aromatic nitrogens is 2. The van der Waals surface area contributed by atoms with Gasteiger partial charge in [-0.1, -0.05) is 0 Å². The van der Waals surface area contributed by atoms with E-state index in [1.165, 1.54) is 18.5 Å². The predicted molar refractivity (Wildman–Crippen MR) is 70.3 cm³/mol. The van der Waals surface area contributed by atoms with E-state index in [4.69, 9.17) is 14.6 Å². The maximum Gasteiger partial charge on any atom is 0.326 e. The quantitative estimate of drug-likeness (QED) is 0.698. The van der Waals surface area contributed by atoms with E-state index in [0.29, 0.717) is 17.0 Å². The molecule has 110 valence electrons. The Kier molecular flexibility index (Phi) is 4.62. The van der Waals surface area contributed by atoms with E-state index >= 15 is 0 Å². The third-order valence-corrected chi connectivity index (χ3v) is 2.78. The maximum atomic E-state index is 11.9. The Morgan fingerprint density at radius 3 is 2.52 bits per heavy atom. The van der Waals surface area contributed by atoms with E-state index in [9.17, 15) is 9.59 Å². The first-order valence-corrected chi connectivity index (χ1v) is 6.13. The summed E-state index contributed by atoms with van der Waals surface area (Å²) < 4.78 is 5.02. The number of hydrogen-bond acceptors (Lipinski definition) is 6. The molecule has 2 rings (SSSR count). The third-order valence-electron chi connectivity index (χ3n) is 2.78. The number of amides is 1. The Bertz CT molecular complexity index is 609. The van der Waals surface area contributed by atoms with Crippen LogP contribution in [0.5, 0.6) is 0 Å². The van der Waals surface area contributed by atoms with Crippen molar-refractivity contribution in [1.29, 1.82) is 0 Å². The van der Waals surface area contributed by atoms with Crippen molar-refractivity contribution in [1.82, 2.24) is 15.5 Å². The Balaban J connectivity index is 2.07. The Morgan fingerprint density at radius 1 is 1.29 bits per heavy atom. The molecule has 0 aliphatic carbocycles. The summed E-state index contributed by atoms with van der Waals surface area (Å²) in [5.74, 6) is -1.40. The van der Waals surface area contributed by atoms with Crippen molar-refractivity contribution in [3.05, 3.63) is 36.2 Å². The molecule has 8 heteroatoms. The molecule has 1 heterocycles. The van der Waals surface area contributed by atoms with E-state index in [-0.39, 0.29) is 13.0 Å². The lowest BCUT2D eigenvalue weighted by Crippen LogP contribution is -2.41. The normalized spacial score (nSPS) is 11.9. The van der Waals surface area contributed by atoms with Crippen molar-refractivity contribution in [3.63, 3.8) is 0 Å². The van der Waals surface area contributed by atoms with Crippen LogP contribution in [-0.4, -0.2) is 44.9 Å². The molecular weight excluding hydrogens is 278 g/mol. The first-order valence-electron chi connectivity index (χ1n) is 6.13. The number of rotatable bonds is 6. The van der Waals surface area contributed by atoms with Crippen molar-refractivity contribution in [2.75, 3.05) is 6.61 Å². The second kappa shape index (κ2) is 6.62. The molecule has 0 bridgehead atoms. The molecule has 0 saturated heterocycles. The molecule has 0 radical (unpaired) electrons. The van der Waals surface area contributed by atoms with Crippen molar-refractivity contribution in [2.24, 2.45) is 0 Å². The van der Waals surface area contributed by atoms with Gasteiger partial charge in [-0.15, -0.1) is 10.2 Å². The van der Waals surface area contributed by atoms with Crippen LogP contribution in [-0.2, 0) is 4.79 Å². The van der Waals surface area contributed by atoms with E-state index in [0.717, 1.165) is 0 Å². The van der Waals surface area contributed by atoms with Crippen LogP contribution in [0.4, 0.5) is 0 Å². The highest BCUT2D eigenvalue weighted by molar-refractivity contribution is 5.96. The molecule has 0 aliphatic heterocycles. The number of carboxylic acids is 1. The molecule has 1 amide bonds. The molecule has 8 nitrogen and oxygen atoms in total. The molecule has 21 heavy (non-hydrogen) atoms. The highest BCUT2D eigenvalue weighted by Crippen LogP contribution is 2.16. The summed E-state index contributed by atoms with van der Waals surface area (Å²) in [5.41, 5.74) is 0.941. The molecular formula is C13H13N3O5. The van der Waals surface area contributed by atoms with Crippen LogP contribution in [0.15, 0.2) is 35.1 Å². The highest BCUT2D eigenvalue weighted by atomic mass is 16.4. The van der Waals surface area contributed by atoms with Crippen molar-refractivity contribution in [3.8, 4) is 11.5 Å². The number of aliphatic hydroxyl groups excluding tert-OH is 1. The van der Waals surface area contributed by atoms with E-state index < -0.39 is 17.9 Å². The molecule has 1 atom stereocenters. The minimum atomic E-state index is -1.19. The lowest BCUT2D eigenvalue weighted by Gasteiger charge is -2.13. The summed E-state index contributed by atoms with van der Waals surface area (Å²) in [6.45, 7) is -0.326. The summed E-state index contributed by atoms with van der Waals surface area (Å²) >= 11 is 0. The average Bonchev–Trinajstić information content (AvgIpc) is 3.01. The first-order chi connectivity index (χ1) is 10.1. The van der Waals surface area contributed by atoms with Crippen LogP contribution in [0, 0.1) is 0 Å². The summed E-state index contributed by atoms with van der Waals surface area (Å²) in [6.07, 6.45) is 1.14. The van der Waals surface area contributed by atoms with Crippen LogP contribution in [0.2, 0.25) is 0 Å². The Morgan fingerprint density at radius 2 is 2.00 bits per heavy atom. The topological polar surface area (TPSA) is 126 Å². The minimum absolute atomic E-state index is 0.0544. The van der Waals surface area contributed by atoms with Gasteiger partial charge in [-0.05, 0) is 24.3 Å². The SMILES string of the molecule is O=C(N[C@@H](CCO)C(=O)O)c1ccc(-c2nnco2)cc1. The Labute approximate surface area is 119 Å². The van der Waals surface area contributed by atoms with Crippen LogP contribution < -0.4 is 5.32 Å². The summed E-state index contributed by atoms with van der Waals surface area (Å²) in [5, 5.41) is 27.3. The lowest BCUT2D eigenvalue weighted by atomic mass is 10.1. The number of carboxylic acid groups (broad SMARTS) is 1. The van der Waals surface area contributed by atoms with Gasteiger partial charge in [-0.2, -0.15) is 0 Å². The summed E-state index contributed by atoms with van der Waals surface area (Å²) in [4.78, 5) is 22.8. The zero-order valence-electron chi connectivity index (χ0n) is 10.9. The van der Waals surface area contributed by atoms with Gasteiger partial charge in [0.1, 0.15) is 6.04 Å². The molecule has 0 aliphatic rings. The second-order valence-corrected chi connectivity index (χ2v) is 4.20. The Hall–Kier alpha value is -2.74. The van der Waals surface area contributed by atoms with Crippen LogP contribution in [0.3, 0.4) is 0 Å². The number of carbonyl (C=O) groups excluding carboxylic acids is 1. The molecule has 0 spiro atoms. The fourth-order valence-corrected chi connectivity index (χ4v) is 1.69. The van der Waals surface area contributed by atoms with Crippen molar-refractivity contribution >= 4 is 11.9 Å². The minimum Gasteiger partial charge on any atom is -0.480 e. The molecule has 3 N–H and O–H groups in total. The van der Waals surface area contributed by atoms with Crippen molar-refractivity contribution < 1.29 is 24.2 Å². The van der Waals surface area contributed by atoms with E-state index in [1.54, 1.807) is 12.1 Å². The average molecular weight is 291 g/mol. The van der Waals surface area contributed by atoms with E-state index in [1.807, 2.05) is 0 Å². The van der Waals surface area contributed by atoms with Gasteiger partial charge < -0.3 is 19.9 Å². The van der Waals surface area contributed by atoms with Gasteiger partial charge in [-0.25, -0.2) is 4.79 Å². The first kappa shape index (κ1) is 14.7. The molecule has 0 saturated carbocycles. The van der Waals surface area contributed by atoms with Gasteiger partial charge in [0.2, 0.25) is 12.3 Å². The number of aliphatic hydroxyl groups is 1. The van der Waals surface area contributed by atoms with Crippen LogP contribution in [0.1, 0.15) is 16.8 Å². The summed E-state index contributed by atoms with van der Waals surface area (Å²) in [6, 6.07) is 5.15. The van der Waals surface area contributed by atoms with Gasteiger partial charge in [0.05, 0.1) is 0 Å².